The highest BCUT2D eigenvalue weighted by atomic mass is 16.4. The molecule has 3 heteroatoms. The first-order valence-corrected chi connectivity index (χ1v) is 13.2. The molecule has 4 atom stereocenters. The molecule has 2 N–H and O–H groups in total. The van der Waals surface area contributed by atoms with E-state index in [1.807, 2.05) is 6.92 Å². The number of carboxylic acid groups (broad SMARTS) is 1. The van der Waals surface area contributed by atoms with Gasteiger partial charge in [0, 0.05) is 0 Å². The Kier molecular flexibility index (Phi) is 12.2. The van der Waals surface area contributed by atoms with Gasteiger partial charge in [-0.1, -0.05) is 69.6 Å². The van der Waals surface area contributed by atoms with Gasteiger partial charge in [0.05, 0.1) is 11.5 Å². The van der Waals surface area contributed by atoms with Crippen molar-refractivity contribution < 1.29 is 15.0 Å². The van der Waals surface area contributed by atoms with Crippen LogP contribution in [0.1, 0.15) is 120 Å². The first kappa shape index (κ1) is 29.7. The van der Waals surface area contributed by atoms with Crippen LogP contribution in [-0.2, 0) is 4.79 Å². The lowest BCUT2D eigenvalue weighted by atomic mass is 9.75. The highest BCUT2D eigenvalue weighted by Crippen LogP contribution is 2.37. The molecule has 190 valence electrons. The van der Waals surface area contributed by atoms with Crippen molar-refractivity contribution in [3.05, 3.63) is 34.9 Å². The maximum absolute atomic E-state index is 10.9. The van der Waals surface area contributed by atoms with E-state index in [4.69, 9.17) is 5.11 Å². The van der Waals surface area contributed by atoms with E-state index in [0.717, 1.165) is 32.1 Å². The second-order valence-electron chi connectivity index (χ2n) is 12.0. The minimum absolute atomic E-state index is 0.331. The van der Waals surface area contributed by atoms with Gasteiger partial charge in [-0.2, -0.15) is 0 Å². The standard InChI is InChI=1S/C30H52O3/c1-22(13-10-19-30(8,33)20-11-14-24(3)28(31)32)12-9-18-29(6,7)21-17-27-16-15-23(2)25(4)26(27)5/h12,15-16,24-26,33H,9-11,13-14,17-21H2,1-8H3,(H,31,32)/b22-12+. The number of carboxylic acids is 1. The molecular formula is C30H52O3. The third-order valence-electron chi connectivity index (χ3n) is 8.08. The molecule has 0 saturated heterocycles. The number of aliphatic carboxylic acids is 1. The molecule has 0 aromatic carbocycles. The molecule has 0 saturated carbocycles. The molecule has 0 bridgehead atoms. The summed E-state index contributed by atoms with van der Waals surface area (Å²) in [5, 5.41) is 19.6. The molecule has 1 aliphatic carbocycles. The summed E-state index contributed by atoms with van der Waals surface area (Å²) in [5.41, 5.74) is 4.17. The molecule has 33 heavy (non-hydrogen) atoms. The molecule has 0 radical (unpaired) electrons. The quantitative estimate of drug-likeness (QED) is 0.241. The third-order valence-corrected chi connectivity index (χ3v) is 8.08. The van der Waals surface area contributed by atoms with Crippen LogP contribution in [0.2, 0.25) is 0 Å². The maximum Gasteiger partial charge on any atom is 0.306 e. The Labute approximate surface area is 204 Å². The average Bonchev–Trinajstić information content (AvgIpc) is 2.71. The van der Waals surface area contributed by atoms with Gasteiger partial charge in [-0.15, -0.1) is 0 Å². The van der Waals surface area contributed by atoms with Crippen molar-refractivity contribution in [2.45, 2.75) is 125 Å². The summed E-state index contributed by atoms with van der Waals surface area (Å²) in [6.07, 6.45) is 16.7. The summed E-state index contributed by atoms with van der Waals surface area (Å²) in [6, 6.07) is 0. The predicted octanol–water partition coefficient (Wildman–Crippen LogP) is 8.49. The Morgan fingerprint density at radius 2 is 1.70 bits per heavy atom. The minimum atomic E-state index is -0.749. The minimum Gasteiger partial charge on any atom is -0.481 e. The van der Waals surface area contributed by atoms with Crippen molar-refractivity contribution in [3.63, 3.8) is 0 Å². The number of hydrogen-bond acceptors (Lipinski definition) is 2. The van der Waals surface area contributed by atoms with Gasteiger partial charge in [0.25, 0.3) is 0 Å². The summed E-state index contributed by atoms with van der Waals surface area (Å²) in [4.78, 5) is 10.9. The Hall–Kier alpha value is -1.35. The van der Waals surface area contributed by atoms with Crippen LogP contribution < -0.4 is 0 Å². The number of carbonyl (C=O) groups is 1. The average molecular weight is 461 g/mol. The van der Waals surface area contributed by atoms with Crippen LogP contribution >= 0.6 is 0 Å². The number of aliphatic hydroxyl groups is 1. The van der Waals surface area contributed by atoms with Gasteiger partial charge in [-0.05, 0) is 102 Å². The summed E-state index contributed by atoms with van der Waals surface area (Å²) in [5.74, 6) is 0.238. The third kappa shape index (κ3) is 11.6. The molecular weight excluding hydrogens is 408 g/mol. The molecule has 1 aliphatic rings. The van der Waals surface area contributed by atoms with Crippen LogP contribution in [0, 0.1) is 23.2 Å². The van der Waals surface area contributed by atoms with Crippen LogP contribution in [0.3, 0.4) is 0 Å². The zero-order chi connectivity index (χ0) is 25.2. The molecule has 1 rings (SSSR count). The van der Waals surface area contributed by atoms with E-state index in [1.54, 1.807) is 12.5 Å². The summed E-state index contributed by atoms with van der Waals surface area (Å²) < 4.78 is 0. The maximum atomic E-state index is 10.9. The Morgan fingerprint density at radius 3 is 2.33 bits per heavy atom. The fourth-order valence-electron chi connectivity index (χ4n) is 4.77. The first-order chi connectivity index (χ1) is 15.2. The van der Waals surface area contributed by atoms with Crippen LogP contribution in [-0.4, -0.2) is 21.8 Å². The van der Waals surface area contributed by atoms with E-state index in [1.165, 1.54) is 30.4 Å². The van der Waals surface area contributed by atoms with Crippen molar-refractivity contribution in [3.8, 4) is 0 Å². The van der Waals surface area contributed by atoms with Crippen molar-refractivity contribution >= 4 is 5.97 Å². The summed E-state index contributed by atoms with van der Waals surface area (Å²) in [6.45, 7) is 17.6. The van der Waals surface area contributed by atoms with E-state index >= 15 is 0 Å². The van der Waals surface area contributed by atoms with Crippen molar-refractivity contribution in [2.75, 3.05) is 0 Å². The molecule has 0 aromatic rings. The highest BCUT2D eigenvalue weighted by Gasteiger charge is 2.24. The first-order valence-electron chi connectivity index (χ1n) is 13.2. The van der Waals surface area contributed by atoms with Crippen LogP contribution in [0.5, 0.6) is 0 Å². The SMILES string of the molecule is CC1=CC=C(CCC(C)(C)CC/C=C(\C)CCCC(C)(O)CCCC(C)C(=O)O)C(C)C1C. The second-order valence-corrected chi connectivity index (χ2v) is 12.0. The number of hydrogen-bond donors (Lipinski definition) is 2. The van der Waals surface area contributed by atoms with Gasteiger partial charge < -0.3 is 10.2 Å². The van der Waals surface area contributed by atoms with Gasteiger partial charge in [0.15, 0.2) is 0 Å². The smallest absolute Gasteiger partial charge is 0.306 e. The number of allylic oxidation sites excluding steroid dienone is 6. The molecule has 0 heterocycles. The fourth-order valence-corrected chi connectivity index (χ4v) is 4.77. The van der Waals surface area contributed by atoms with E-state index in [2.05, 4.69) is 59.8 Å². The van der Waals surface area contributed by atoms with Crippen LogP contribution in [0.15, 0.2) is 34.9 Å². The Balaban J connectivity index is 2.33. The van der Waals surface area contributed by atoms with Crippen LogP contribution in [0.25, 0.3) is 0 Å². The monoisotopic (exact) mass is 460 g/mol. The van der Waals surface area contributed by atoms with Gasteiger partial charge in [-0.25, -0.2) is 0 Å². The Bertz CT molecular complexity index is 708. The van der Waals surface area contributed by atoms with E-state index in [0.29, 0.717) is 30.1 Å². The van der Waals surface area contributed by atoms with Gasteiger partial charge in [0.1, 0.15) is 0 Å². The van der Waals surface area contributed by atoms with Crippen molar-refractivity contribution in [2.24, 2.45) is 23.2 Å². The molecule has 0 fully saturated rings. The predicted molar refractivity (Wildman–Crippen MR) is 141 cm³/mol. The summed E-state index contributed by atoms with van der Waals surface area (Å²) >= 11 is 0. The largest absolute Gasteiger partial charge is 0.481 e. The second kappa shape index (κ2) is 13.5. The molecule has 0 spiro atoms. The van der Waals surface area contributed by atoms with E-state index in [9.17, 15) is 9.90 Å². The molecule has 0 aromatic heterocycles. The van der Waals surface area contributed by atoms with Crippen LogP contribution in [0.4, 0.5) is 0 Å². The fraction of sp³-hybridized carbons (Fsp3) is 0.767. The van der Waals surface area contributed by atoms with Gasteiger partial charge in [0.2, 0.25) is 0 Å². The lowest BCUT2D eigenvalue weighted by Gasteiger charge is -2.30. The number of rotatable bonds is 15. The Morgan fingerprint density at radius 1 is 1.06 bits per heavy atom. The zero-order valence-corrected chi connectivity index (χ0v) is 22.8. The molecule has 3 nitrogen and oxygen atoms in total. The molecule has 0 amide bonds. The van der Waals surface area contributed by atoms with Gasteiger partial charge in [-0.3, -0.25) is 4.79 Å². The molecule has 4 unspecified atom stereocenters. The highest BCUT2D eigenvalue weighted by molar-refractivity contribution is 5.69. The van der Waals surface area contributed by atoms with E-state index < -0.39 is 11.6 Å². The summed E-state index contributed by atoms with van der Waals surface area (Å²) in [7, 11) is 0. The lowest BCUT2D eigenvalue weighted by Crippen LogP contribution is -2.24. The van der Waals surface area contributed by atoms with Crippen molar-refractivity contribution in [1.29, 1.82) is 0 Å². The molecule has 0 aliphatic heterocycles. The lowest BCUT2D eigenvalue weighted by molar-refractivity contribution is -0.141. The van der Waals surface area contributed by atoms with Gasteiger partial charge >= 0.3 is 5.97 Å². The topological polar surface area (TPSA) is 57.5 Å². The van der Waals surface area contributed by atoms with Crippen molar-refractivity contribution in [1.82, 2.24) is 0 Å². The normalized spacial score (nSPS) is 22.4. The zero-order valence-electron chi connectivity index (χ0n) is 22.8. The van der Waals surface area contributed by atoms with E-state index in [-0.39, 0.29) is 5.92 Å².